The van der Waals surface area contributed by atoms with Gasteiger partial charge in [-0.25, -0.2) is 0 Å². The van der Waals surface area contributed by atoms with E-state index in [1.54, 1.807) is 14.2 Å². The summed E-state index contributed by atoms with van der Waals surface area (Å²) < 4.78 is 10.2. The highest BCUT2D eigenvalue weighted by molar-refractivity contribution is 5.30. The van der Waals surface area contributed by atoms with Crippen LogP contribution in [0.15, 0.2) is 18.2 Å². The van der Waals surface area contributed by atoms with E-state index in [0.29, 0.717) is 13.2 Å². The topological polar surface area (TPSA) is 41.9 Å². The Hall–Kier alpha value is -0.940. The molecule has 1 aromatic carbocycles. The molecule has 0 bridgehead atoms. The minimum atomic E-state index is -0.469. The number of aliphatic hydroxyl groups is 1. The van der Waals surface area contributed by atoms with Crippen LogP contribution in [-0.4, -0.2) is 57.1 Å². The van der Waals surface area contributed by atoms with Gasteiger partial charge in [0.05, 0.1) is 12.7 Å². The fraction of sp³-hybridized carbons (Fsp3) is 0.647. The van der Waals surface area contributed by atoms with Gasteiger partial charge >= 0.3 is 0 Å². The van der Waals surface area contributed by atoms with Crippen molar-refractivity contribution in [2.24, 2.45) is 0 Å². The normalized spacial score (nSPS) is 12.9. The van der Waals surface area contributed by atoms with Crippen LogP contribution in [0.4, 0.5) is 0 Å². The van der Waals surface area contributed by atoms with Gasteiger partial charge in [-0.05, 0) is 25.8 Å². The van der Waals surface area contributed by atoms with Gasteiger partial charge in [-0.15, -0.1) is 0 Å². The number of ether oxygens (including phenoxy) is 2. The lowest BCUT2D eigenvalue weighted by molar-refractivity contribution is 0.0818. The fourth-order valence-corrected chi connectivity index (χ4v) is 2.50. The molecule has 0 spiro atoms. The van der Waals surface area contributed by atoms with E-state index in [0.717, 1.165) is 31.7 Å². The van der Waals surface area contributed by atoms with Crippen molar-refractivity contribution in [2.45, 2.75) is 26.4 Å². The molecule has 0 radical (unpaired) electrons. The first-order valence-electron chi connectivity index (χ1n) is 7.53. The molecule has 0 saturated heterocycles. The van der Waals surface area contributed by atoms with Crippen molar-refractivity contribution >= 4 is 0 Å². The highest BCUT2D eigenvalue weighted by atomic mass is 16.5. The molecule has 0 aliphatic heterocycles. The third-order valence-corrected chi connectivity index (χ3v) is 3.49. The van der Waals surface area contributed by atoms with Gasteiger partial charge in [-0.2, -0.15) is 0 Å². The Morgan fingerprint density at radius 3 is 2.19 bits per heavy atom. The molecule has 120 valence electrons. The van der Waals surface area contributed by atoms with Crippen LogP contribution in [-0.2, 0) is 9.47 Å². The molecule has 1 aromatic rings. The van der Waals surface area contributed by atoms with Gasteiger partial charge in [-0.1, -0.05) is 29.3 Å². The summed E-state index contributed by atoms with van der Waals surface area (Å²) in [5, 5.41) is 10.5. The van der Waals surface area contributed by atoms with Crippen molar-refractivity contribution in [3.8, 4) is 0 Å². The van der Waals surface area contributed by atoms with Crippen LogP contribution in [0.2, 0.25) is 0 Å². The van der Waals surface area contributed by atoms with Gasteiger partial charge in [0, 0.05) is 40.5 Å². The Labute approximate surface area is 128 Å². The minimum Gasteiger partial charge on any atom is -0.387 e. The minimum absolute atomic E-state index is 0.469. The third-order valence-electron chi connectivity index (χ3n) is 3.49. The van der Waals surface area contributed by atoms with Crippen molar-refractivity contribution in [2.75, 3.05) is 47.1 Å². The number of rotatable bonds is 10. The summed E-state index contributed by atoms with van der Waals surface area (Å²) in [4.78, 5) is 2.23. The van der Waals surface area contributed by atoms with Gasteiger partial charge < -0.3 is 14.6 Å². The molecule has 0 aliphatic rings. The molecule has 1 N–H and O–H groups in total. The van der Waals surface area contributed by atoms with E-state index in [1.807, 2.05) is 0 Å². The first-order valence-corrected chi connectivity index (χ1v) is 7.53. The van der Waals surface area contributed by atoms with E-state index in [1.165, 1.54) is 11.1 Å². The SMILES string of the molecule is COCCCN(CCOC)CC(O)c1cc(C)cc(C)c1. The molecule has 1 unspecified atom stereocenters. The molecule has 0 aliphatic carbocycles. The van der Waals surface area contributed by atoms with Gasteiger partial charge in [0.25, 0.3) is 0 Å². The largest absolute Gasteiger partial charge is 0.387 e. The molecule has 21 heavy (non-hydrogen) atoms. The van der Waals surface area contributed by atoms with Crippen LogP contribution in [0.1, 0.15) is 29.2 Å². The Bertz CT molecular complexity index is 389. The smallest absolute Gasteiger partial charge is 0.0917 e. The average molecular weight is 295 g/mol. The number of aryl methyl sites for hydroxylation is 2. The van der Waals surface area contributed by atoms with Crippen molar-refractivity contribution in [3.05, 3.63) is 34.9 Å². The summed E-state index contributed by atoms with van der Waals surface area (Å²) in [5.74, 6) is 0. The summed E-state index contributed by atoms with van der Waals surface area (Å²) in [5.41, 5.74) is 3.36. The number of aliphatic hydroxyl groups excluding tert-OH is 1. The first kappa shape index (κ1) is 18.1. The Morgan fingerprint density at radius 1 is 1.00 bits per heavy atom. The van der Waals surface area contributed by atoms with Gasteiger partial charge in [0.2, 0.25) is 0 Å². The second-order valence-electron chi connectivity index (χ2n) is 5.58. The second-order valence-corrected chi connectivity index (χ2v) is 5.58. The number of nitrogens with zero attached hydrogens (tertiary/aromatic N) is 1. The van der Waals surface area contributed by atoms with Crippen LogP contribution >= 0.6 is 0 Å². The molecule has 0 heterocycles. The maximum absolute atomic E-state index is 10.5. The number of hydrogen-bond acceptors (Lipinski definition) is 4. The predicted octanol–water partition coefficient (Wildman–Crippen LogP) is 2.32. The maximum atomic E-state index is 10.5. The van der Waals surface area contributed by atoms with Crippen LogP contribution in [0.25, 0.3) is 0 Å². The van der Waals surface area contributed by atoms with Crippen molar-refractivity contribution in [3.63, 3.8) is 0 Å². The van der Waals surface area contributed by atoms with E-state index in [2.05, 4.69) is 36.9 Å². The maximum Gasteiger partial charge on any atom is 0.0917 e. The zero-order valence-corrected chi connectivity index (χ0v) is 13.8. The number of methoxy groups -OCH3 is 2. The zero-order chi connectivity index (χ0) is 15.7. The van der Waals surface area contributed by atoms with E-state index in [4.69, 9.17) is 9.47 Å². The van der Waals surface area contributed by atoms with E-state index >= 15 is 0 Å². The number of benzene rings is 1. The third kappa shape index (κ3) is 7.05. The standard InChI is InChI=1S/C17H29NO3/c1-14-10-15(2)12-16(11-14)17(19)13-18(7-9-21-4)6-5-8-20-3/h10-12,17,19H,5-9,13H2,1-4H3. The molecule has 0 fully saturated rings. The number of hydrogen-bond donors (Lipinski definition) is 1. The summed E-state index contributed by atoms with van der Waals surface area (Å²) >= 11 is 0. The first-order chi connectivity index (χ1) is 10.1. The van der Waals surface area contributed by atoms with Crippen molar-refractivity contribution in [1.29, 1.82) is 0 Å². The Morgan fingerprint density at radius 2 is 1.62 bits per heavy atom. The molecular formula is C17H29NO3. The lowest BCUT2D eigenvalue weighted by Crippen LogP contribution is -2.33. The molecule has 4 nitrogen and oxygen atoms in total. The van der Waals surface area contributed by atoms with Gasteiger partial charge in [0.15, 0.2) is 0 Å². The quantitative estimate of drug-likeness (QED) is 0.673. The van der Waals surface area contributed by atoms with Crippen molar-refractivity contribution in [1.82, 2.24) is 4.90 Å². The van der Waals surface area contributed by atoms with Crippen LogP contribution < -0.4 is 0 Å². The Balaban J connectivity index is 2.62. The van der Waals surface area contributed by atoms with Crippen LogP contribution in [0.3, 0.4) is 0 Å². The molecule has 0 aromatic heterocycles. The average Bonchev–Trinajstić information content (AvgIpc) is 2.43. The summed E-state index contributed by atoms with van der Waals surface area (Å²) in [7, 11) is 3.41. The zero-order valence-electron chi connectivity index (χ0n) is 13.8. The second kappa shape index (κ2) is 9.90. The molecular weight excluding hydrogens is 266 g/mol. The molecule has 4 heteroatoms. The predicted molar refractivity (Wildman–Crippen MR) is 85.7 cm³/mol. The fourth-order valence-electron chi connectivity index (χ4n) is 2.50. The lowest BCUT2D eigenvalue weighted by atomic mass is 10.0. The van der Waals surface area contributed by atoms with Crippen LogP contribution in [0.5, 0.6) is 0 Å². The summed E-state index contributed by atoms with van der Waals surface area (Å²) in [6.45, 7) is 7.88. The van der Waals surface area contributed by atoms with Gasteiger partial charge in [-0.3, -0.25) is 4.90 Å². The van der Waals surface area contributed by atoms with Crippen molar-refractivity contribution < 1.29 is 14.6 Å². The highest BCUT2D eigenvalue weighted by Gasteiger charge is 2.14. The van der Waals surface area contributed by atoms with E-state index in [9.17, 15) is 5.11 Å². The molecule has 0 saturated carbocycles. The summed E-state index contributed by atoms with van der Waals surface area (Å²) in [6, 6.07) is 6.24. The molecule has 1 atom stereocenters. The lowest BCUT2D eigenvalue weighted by Gasteiger charge is -2.25. The van der Waals surface area contributed by atoms with E-state index < -0.39 is 6.10 Å². The molecule has 1 rings (SSSR count). The van der Waals surface area contributed by atoms with Crippen LogP contribution in [0, 0.1) is 13.8 Å². The molecule has 0 amide bonds. The Kier molecular flexibility index (Phi) is 8.54. The highest BCUT2D eigenvalue weighted by Crippen LogP contribution is 2.18. The monoisotopic (exact) mass is 295 g/mol. The summed E-state index contributed by atoms with van der Waals surface area (Å²) in [6.07, 6.45) is 0.489. The van der Waals surface area contributed by atoms with Gasteiger partial charge in [0.1, 0.15) is 0 Å². The van der Waals surface area contributed by atoms with E-state index in [-0.39, 0.29) is 0 Å².